The van der Waals surface area contributed by atoms with E-state index in [9.17, 15) is 0 Å². The molecule has 8 nitrogen and oxygen atoms in total. The van der Waals surface area contributed by atoms with Gasteiger partial charge in [0.2, 0.25) is 5.88 Å². The Labute approximate surface area is 181 Å². The fraction of sp³-hybridized carbons (Fsp3) is 0.304. The first-order chi connectivity index (χ1) is 15.2. The number of piperazine rings is 1. The third kappa shape index (κ3) is 3.99. The average Bonchev–Trinajstić information content (AvgIpc) is 3.24. The Morgan fingerprint density at radius 1 is 1.03 bits per heavy atom. The van der Waals surface area contributed by atoms with Crippen LogP contribution in [0.5, 0.6) is 5.88 Å². The van der Waals surface area contributed by atoms with Crippen LogP contribution in [0.25, 0.3) is 16.6 Å². The Balaban J connectivity index is 1.39. The number of hydrogen-bond donors (Lipinski definition) is 0. The summed E-state index contributed by atoms with van der Waals surface area (Å²) in [5, 5.41) is 9.00. The van der Waals surface area contributed by atoms with Crippen molar-refractivity contribution < 1.29 is 4.74 Å². The molecule has 1 saturated heterocycles. The van der Waals surface area contributed by atoms with Gasteiger partial charge < -0.3 is 4.74 Å². The van der Waals surface area contributed by atoms with E-state index in [0.717, 1.165) is 48.5 Å². The molecule has 31 heavy (non-hydrogen) atoms. The Morgan fingerprint density at radius 3 is 2.65 bits per heavy atom. The first-order valence-corrected chi connectivity index (χ1v) is 10.4. The van der Waals surface area contributed by atoms with Gasteiger partial charge in [-0.1, -0.05) is 11.3 Å². The average molecular weight is 416 g/mol. The number of methoxy groups -OCH3 is 1. The molecular weight excluding hydrogens is 390 g/mol. The molecule has 5 rings (SSSR count). The Morgan fingerprint density at radius 2 is 1.87 bits per heavy atom. The predicted molar refractivity (Wildman–Crippen MR) is 118 cm³/mol. The molecule has 1 unspecified atom stereocenters. The lowest BCUT2D eigenvalue weighted by atomic mass is 10.1. The largest absolute Gasteiger partial charge is 0.481 e. The van der Waals surface area contributed by atoms with Gasteiger partial charge in [0.15, 0.2) is 0 Å². The fourth-order valence-electron chi connectivity index (χ4n) is 4.11. The van der Waals surface area contributed by atoms with Crippen LogP contribution in [0.2, 0.25) is 0 Å². The summed E-state index contributed by atoms with van der Waals surface area (Å²) < 4.78 is 7.02. The normalized spacial score (nSPS) is 17.8. The molecule has 0 N–H and O–H groups in total. The summed E-state index contributed by atoms with van der Waals surface area (Å²) in [7, 11) is 3.78. The van der Waals surface area contributed by atoms with Crippen LogP contribution in [-0.2, 0) is 6.54 Å². The van der Waals surface area contributed by atoms with Crippen LogP contribution in [0.1, 0.15) is 17.3 Å². The summed E-state index contributed by atoms with van der Waals surface area (Å²) in [5.74, 6) is 0.601. The molecule has 0 radical (unpaired) electrons. The highest BCUT2D eigenvalue weighted by Gasteiger charge is 2.29. The Kier molecular flexibility index (Phi) is 5.31. The maximum Gasteiger partial charge on any atom is 0.212 e. The smallest absolute Gasteiger partial charge is 0.212 e. The van der Waals surface area contributed by atoms with Crippen molar-refractivity contribution >= 4 is 5.52 Å². The van der Waals surface area contributed by atoms with Gasteiger partial charge in [-0.25, -0.2) is 9.50 Å². The maximum absolute atomic E-state index is 5.15. The van der Waals surface area contributed by atoms with Gasteiger partial charge >= 0.3 is 0 Å². The van der Waals surface area contributed by atoms with E-state index in [1.165, 1.54) is 5.56 Å². The molecule has 4 aromatic heterocycles. The lowest BCUT2D eigenvalue weighted by Gasteiger charge is -2.38. The van der Waals surface area contributed by atoms with Gasteiger partial charge in [0.1, 0.15) is 5.69 Å². The highest BCUT2D eigenvalue weighted by Crippen LogP contribution is 2.28. The number of nitrogens with zero attached hydrogens (tertiary/aromatic N) is 7. The van der Waals surface area contributed by atoms with E-state index in [1.54, 1.807) is 7.11 Å². The van der Waals surface area contributed by atoms with Crippen molar-refractivity contribution in [3.05, 3.63) is 72.4 Å². The number of aromatic nitrogens is 5. The molecule has 1 aliphatic heterocycles. The topological polar surface area (TPSA) is 71.7 Å². The summed E-state index contributed by atoms with van der Waals surface area (Å²) in [5.41, 5.74) is 5.38. The van der Waals surface area contributed by atoms with E-state index in [1.807, 2.05) is 41.4 Å². The zero-order valence-electron chi connectivity index (χ0n) is 17.7. The molecule has 5 heterocycles. The molecule has 0 bridgehead atoms. The monoisotopic (exact) mass is 415 g/mol. The van der Waals surface area contributed by atoms with Crippen molar-refractivity contribution in [3.8, 4) is 17.0 Å². The molecule has 0 amide bonds. The van der Waals surface area contributed by atoms with Crippen LogP contribution in [0.15, 0.2) is 61.2 Å². The van der Waals surface area contributed by atoms with Gasteiger partial charge in [-0.05, 0) is 36.9 Å². The standard InChI is InChI=1S/C23H25N7O/c1-28-11-12-29(14-17-7-9-24-10-8-17)16-21(28)23-20-5-3-19(15-30(20)27-26-23)18-4-6-22(31-2)25-13-18/h3-10,13,15,21H,11-12,14,16H2,1-2H3. The zero-order chi connectivity index (χ0) is 21.2. The van der Waals surface area contributed by atoms with Crippen LogP contribution in [-0.4, -0.2) is 68.4 Å². The molecule has 1 atom stereocenters. The van der Waals surface area contributed by atoms with Crippen molar-refractivity contribution in [3.63, 3.8) is 0 Å². The van der Waals surface area contributed by atoms with Crippen LogP contribution >= 0.6 is 0 Å². The molecule has 1 fully saturated rings. The van der Waals surface area contributed by atoms with E-state index < -0.39 is 0 Å². The Hall–Kier alpha value is -3.36. The summed E-state index contributed by atoms with van der Waals surface area (Å²) >= 11 is 0. The molecule has 158 valence electrons. The lowest BCUT2D eigenvalue weighted by molar-refractivity contribution is 0.0889. The second-order valence-corrected chi connectivity index (χ2v) is 7.90. The van der Waals surface area contributed by atoms with Gasteiger partial charge in [0.05, 0.1) is 18.7 Å². The second-order valence-electron chi connectivity index (χ2n) is 7.90. The minimum absolute atomic E-state index is 0.196. The number of pyridine rings is 3. The van der Waals surface area contributed by atoms with Gasteiger partial charge in [0, 0.05) is 68.2 Å². The first kappa shape index (κ1) is 19.6. The van der Waals surface area contributed by atoms with Gasteiger partial charge in [-0.15, -0.1) is 5.10 Å². The number of fused-ring (bicyclic) bond motifs is 1. The number of rotatable bonds is 5. The van der Waals surface area contributed by atoms with Crippen molar-refractivity contribution in [2.75, 3.05) is 33.8 Å². The van der Waals surface area contributed by atoms with Crippen LogP contribution in [0.3, 0.4) is 0 Å². The minimum atomic E-state index is 0.196. The van der Waals surface area contributed by atoms with Gasteiger partial charge in [0.25, 0.3) is 0 Å². The van der Waals surface area contributed by atoms with Crippen molar-refractivity contribution in [2.45, 2.75) is 12.6 Å². The molecule has 0 saturated carbocycles. The number of likely N-dealkylation sites (N-methyl/N-ethyl adjacent to an activating group) is 1. The summed E-state index contributed by atoms with van der Waals surface area (Å²) in [6.45, 7) is 3.85. The summed E-state index contributed by atoms with van der Waals surface area (Å²) in [6.07, 6.45) is 7.52. The molecule has 1 aliphatic rings. The van der Waals surface area contributed by atoms with Gasteiger partial charge in [-0.2, -0.15) is 0 Å². The predicted octanol–water partition coefficient (Wildman–Crippen LogP) is 2.68. The van der Waals surface area contributed by atoms with E-state index in [0.29, 0.717) is 5.88 Å². The number of hydrogen-bond acceptors (Lipinski definition) is 7. The molecule has 4 aromatic rings. The molecule has 0 aliphatic carbocycles. The zero-order valence-corrected chi connectivity index (χ0v) is 17.7. The van der Waals surface area contributed by atoms with Gasteiger partial charge in [-0.3, -0.25) is 14.8 Å². The first-order valence-electron chi connectivity index (χ1n) is 10.4. The molecular formula is C23H25N7O. The van der Waals surface area contributed by atoms with E-state index >= 15 is 0 Å². The van der Waals surface area contributed by atoms with Crippen LogP contribution < -0.4 is 4.74 Å². The van der Waals surface area contributed by atoms with E-state index in [2.05, 4.69) is 61.4 Å². The van der Waals surface area contributed by atoms with Crippen molar-refractivity contribution in [1.82, 2.24) is 34.6 Å². The Bertz CT molecular complexity index is 1160. The highest BCUT2D eigenvalue weighted by molar-refractivity contribution is 5.66. The van der Waals surface area contributed by atoms with E-state index in [4.69, 9.17) is 4.74 Å². The molecule has 0 spiro atoms. The maximum atomic E-state index is 5.15. The molecule has 8 heteroatoms. The third-order valence-electron chi connectivity index (χ3n) is 5.92. The third-order valence-corrected chi connectivity index (χ3v) is 5.92. The van der Waals surface area contributed by atoms with E-state index in [-0.39, 0.29) is 6.04 Å². The van der Waals surface area contributed by atoms with Crippen molar-refractivity contribution in [1.29, 1.82) is 0 Å². The lowest BCUT2D eigenvalue weighted by Crippen LogP contribution is -2.46. The molecule has 0 aromatic carbocycles. The quantitative estimate of drug-likeness (QED) is 0.496. The fourth-order valence-corrected chi connectivity index (χ4v) is 4.11. The highest BCUT2D eigenvalue weighted by atomic mass is 16.5. The van der Waals surface area contributed by atoms with Crippen LogP contribution in [0.4, 0.5) is 0 Å². The summed E-state index contributed by atoms with van der Waals surface area (Å²) in [6, 6.07) is 12.4. The summed E-state index contributed by atoms with van der Waals surface area (Å²) in [4.78, 5) is 13.3. The SMILES string of the molecule is COc1ccc(-c2ccc3c(C4CN(Cc5ccncc5)CCN4C)nnn3c2)cn1. The second kappa shape index (κ2) is 8.41. The number of ether oxygens (including phenoxy) is 1. The minimum Gasteiger partial charge on any atom is -0.481 e. The van der Waals surface area contributed by atoms with Crippen LogP contribution in [0, 0.1) is 0 Å². The van der Waals surface area contributed by atoms with Crippen molar-refractivity contribution in [2.24, 2.45) is 0 Å².